The first-order chi connectivity index (χ1) is 15.1. The van der Waals surface area contributed by atoms with Crippen molar-refractivity contribution in [3.8, 4) is 0 Å². The number of hydrogen-bond acceptors (Lipinski definition) is 6. The van der Waals surface area contributed by atoms with Gasteiger partial charge in [-0.3, -0.25) is 9.59 Å². The van der Waals surface area contributed by atoms with Crippen LogP contribution in [0.15, 0.2) is 64.9 Å². The first-order valence-electron chi connectivity index (χ1n) is 9.98. The number of nitrogens with one attached hydrogen (secondary N) is 1. The van der Waals surface area contributed by atoms with Crippen LogP contribution in [0, 0.1) is 0 Å². The zero-order chi connectivity index (χ0) is 21.8. The van der Waals surface area contributed by atoms with Crippen LogP contribution >= 0.6 is 11.8 Å². The monoisotopic (exact) mass is 437 g/mol. The van der Waals surface area contributed by atoms with Crippen LogP contribution < -0.4 is 10.2 Å². The number of amides is 2. The lowest BCUT2D eigenvalue weighted by Crippen LogP contribution is -2.30. The predicted octanol–water partition coefficient (Wildman–Crippen LogP) is 3.23. The number of benzene rings is 1. The molecule has 4 rings (SSSR count). The molecule has 0 fully saturated rings. The van der Waals surface area contributed by atoms with Crippen LogP contribution in [0.4, 0.5) is 5.69 Å². The number of thioether (sulfide) groups is 1. The van der Waals surface area contributed by atoms with Gasteiger partial charge in [0.2, 0.25) is 5.91 Å². The standard InChI is InChI=1S/C22H23N5O3S/c1-3-11-27-20(15(2)23-21(29)18-9-6-13-30-18)24-25-22(27)31-14-19(28)26-12-10-16-7-4-5-8-17(16)26/h3-9,13,15H,1,10-12,14H2,2H3,(H,23,29)/t15-/m1/s1. The van der Waals surface area contributed by atoms with Crippen LogP contribution in [0.5, 0.6) is 0 Å². The first kappa shape index (κ1) is 20.9. The molecule has 0 aliphatic carbocycles. The quantitative estimate of drug-likeness (QED) is 0.430. The topological polar surface area (TPSA) is 93.3 Å². The van der Waals surface area contributed by atoms with E-state index >= 15 is 0 Å². The first-order valence-corrected chi connectivity index (χ1v) is 11.0. The molecule has 2 amide bonds. The predicted molar refractivity (Wildman–Crippen MR) is 118 cm³/mol. The lowest BCUT2D eigenvalue weighted by molar-refractivity contribution is -0.116. The average molecular weight is 438 g/mol. The molecule has 8 nitrogen and oxygen atoms in total. The van der Waals surface area contributed by atoms with E-state index in [1.807, 2.05) is 34.6 Å². The number of anilines is 1. The minimum absolute atomic E-state index is 0.0313. The molecule has 1 aromatic carbocycles. The fraction of sp³-hybridized carbons (Fsp3) is 0.273. The highest BCUT2D eigenvalue weighted by Crippen LogP contribution is 2.29. The Labute approximate surface area is 184 Å². The van der Waals surface area contributed by atoms with Crippen LogP contribution in [0.3, 0.4) is 0 Å². The molecule has 31 heavy (non-hydrogen) atoms. The minimum Gasteiger partial charge on any atom is -0.459 e. The molecule has 1 aliphatic rings. The summed E-state index contributed by atoms with van der Waals surface area (Å²) in [5.74, 6) is 0.761. The number of furan rings is 1. The average Bonchev–Trinajstić information content (AvgIpc) is 3.52. The number of hydrogen-bond donors (Lipinski definition) is 1. The second kappa shape index (κ2) is 9.22. The van der Waals surface area contributed by atoms with Crippen molar-refractivity contribution in [1.82, 2.24) is 20.1 Å². The minimum atomic E-state index is -0.402. The Kier molecular flexibility index (Phi) is 6.22. The molecular formula is C22H23N5O3S. The number of nitrogens with zero attached hydrogens (tertiary/aromatic N) is 4. The summed E-state index contributed by atoms with van der Waals surface area (Å²) < 4.78 is 6.99. The van der Waals surface area contributed by atoms with E-state index in [4.69, 9.17) is 4.42 Å². The number of aromatic nitrogens is 3. The van der Waals surface area contributed by atoms with Crippen LogP contribution in [-0.4, -0.2) is 38.9 Å². The van der Waals surface area contributed by atoms with Crippen molar-refractivity contribution in [2.24, 2.45) is 0 Å². The molecule has 1 N–H and O–H groups in total. The van der Waals surface area contributed by atoms with Gasteiger partial charge in [-0.2, -0.15) is 0 Å². The maximum absolute atomic E-state index is 12.8. The van der Waals surface area contributed by atoms with Gasteiger partial charge in [-0.25, -0.2) is 0 Å². The van der Waals surface area contributed by atoms with Crippen LogP contribution in [0.1, 0.15) is 34.9 Å². The summed E-state index contributed by atoms with van der Waals surface area (Å²) in [6, 6.07) is 10.8. The van der Waals surface area contributed by atoms with Crippen molar-refractivity contribution in [1.29, 1.82) is 0 Å². The lowest BCUT2D eigenvalue weighted by atomic mass is 10.2. The molecule has 160 valence electrons. The van der Waals surface area contributed by atoms with Crippen molar-refractivity contribution < 1.29 is 14.0 Å². The largest absolute Gasteiger partial charge is 0.459 e. The number of carbonyl (C=O) groups is 2. The fourth-order valence-corrected chi connectivity index (χ4v) is 4.40. The van der Waals surface area contributed by atoms with Crippen LogP contribution in [0.2, 0.25) is 0 Å². The van der Waals surface area contributed by atoms with Gasteiger partial charge in [-0.05, 0) is 37.1 Å². The molecule has 3 heterocycles. The molecule has 0 saturated carbocycles. The highest BCUT2D eigenvalue weighted by molar-refractivity contribution is 7.99. The Bertz CT molecular complexity index is 1090. The third-order valence-electron chi connectivity index (χ3n) is 5.05. The van der Waals surface area contributed by atoms with E-state index in [0.29, 0.717) is 24.1 Å². The maximum Gasteiger partial charge on any atom is 0.287 e. The number of para-hydroxylation sites is 1. The van der Waals surface area contributed by atoms with Gasteiger partial charge in [-0.1, -0.05) is 36.0 Å². The van der Waals surface area contributed by atoms with Crippen molar-refractivity contribution >= 4 is 29.3 Å². The lowest BCUT2D eigenvalue weighted by Gasteiger charge is -2.17. The summed E-state index contributed by atoms with van der Waals surface area (Å²) >= 11 is 1.33. The molecule has 1 atom stereocenters. The van der Waals surface area contributed by atoms with Gasteiger partial charge in [-0.15, -0.1) is 16.8 Å². The van der Waals surface area contributed by atoms with Crippen molar-refractivity contribution in [2.45, 2.75) is 31.1 Å². The van der Waals surface area contributed by atoms with Crippen LogP contribution in [0.25, 0.3) is 0 Å². The summed E-state index contributed by atoms with van der Waals surface area (Å²) in [4.78, 5) is 26.9. The van der Waals surface area contributed by atoms with Gasteiger partial charge >= 0.3 is 0 Å². The van der Waals surface area contributed by atoms with Crippen LogP contribution in [-0.2, 0) is 17.8 Å². The Morgan fingerprint density at radius 3 is 2.90 bits per heavy atom. The van der Waals surface area contributed by atoms with Gasteiger partial charge in [0.05, 0.1) is 18.1 Å². The van der Waals surface area contributed by atoms with Gasteiger partial charge in [0.1, 0.15) is 0 Å². The fourth-order valence-electron chi connectivity index (χ4n) is 3.57. The Morgan fingerprint density at radius 2 is 2.13 bits per heavy atom. The second-order valence-corrected chi connectivity index (χ2v) is 8.07. The zero-order valence-corrected chi connectivity index (χ0v) is 18.0. The molecule has 0 radical (unpaired) electrons. The summed E-state index contributed by atoms with van der Waals surface area (Å²) in [5.41, 5.74) is 2.18. The van der Waals surface area contributed by atoms with E-state index < -0.39 is 6.04 Å². The van der Waals surface area contributed by atoms with E-state index in [9.17, 15) is 9.59 Å². The SMILES string of the molecule is C=CCn1c(SCC(=O)N2CCc3ccccc32)nnc1[C@@H](C)NC(=O)c1ccco1. The molecule has 0 saturated heterocycles. The molecular weight excluding hydrogens is 414 g/mol. The number of fused-ring (bicyclic) bond motifs is 1. The maximum atomic E-state index is 12.8. The molecule has 2 aromatic heterocycles. The van der Waals surface area contributed by atoms with Gasteiger partial charge < -0.3 is 19.2 Å². The molecule has 3 aromatic rings. The Balaban J connectivity index is 1.44. The van der Waals surface area contributed by atoms with Crippen molar-refractivity contribution in [3.63, 3.8) is 0 Å². The Morgan fingerprint density at radius 1 is 1.29 bits per heavy atom. The Hall–Kier alpha value is -3.33. The molecule has 0 unspecified atom stereocenters. The number of rotatable bonds is 8. The van der Waals surface area contributed by atoms with Crippen molar-refractivity contribution in [3.05, 3.63) is 72.5 Å². The molecule has 0 bridgehead atoms. The number of carbonyl (C=O) groups excluding carboxylic acids is 2. The highest BCUT2D eigenvalue weighted by atomic mass is 32.2. The summed E-state index contributed by atoms with van der Waals surface area (Å²) in [6.07, 6.45) is 4.05. The second-order valence-electron chi connectivity index (χ2n) is 7.13. The summed E-state index contributed by atoms with van der Waals surface area (Å²) in [7, 11) is 0. The molecule has 0 spiro atoms. The van der Waals surface area contributed by atoms with E-state index in [0.717, 1.165) is 12.1 Å². The smallest absolute Gasteiger partial charge is 0.287 e. The molecule has 1 aliphatic heterocycles. The summed E-state index contributed by atoms with van der Waals surface area (Å²) in [5, 5.41) is 12.0. The zero-order valence-electron chi connectivity index (χ0n) is 17.2. The summed E-state index contributed by atoms with van der Waals surface area (Å²) in [6.45, 7) is 6.78. The van der Waals surface area contributed by atoms with E-state index in [1.54, 1.807) is 18.2 Å². The third-order valence-corrected chi connectivity index (χ3v) is 6.00. The van der Waals surface area contributed by atoms with E-state index in [2.05, 4.69) is 28.2 Å². The normalized spacial score (nSPS) is 13.6. The van der Waals surface area contributed by atoms with E-state index in [-0.39, 0.29) is 23.3 Å². The van der Waals surface area contributed by atoms with Gasteiger partial charge in [0.15, 0.2) is 16.7 Å². The van der Waals surface area contributed by atoms with E-state index in [1.165, 1.54) is 23.6 Å². The van der Waals surface area contributed by atoms with Crippen molar-refractivity contribution in [2.75, 3.05) is 17.2 Å². The highest BCUT2D eigenvalue weighted by Gasteiger charge is 2.25. The number of allylic oxidation sites excluding steroid dienone is 1. The van der Waals surface area contributed by atoms with Gasteiger partial charge in [0.25, 0.3) is 5.91 Å². The van der Waals surface area contributed by atoms with Gasteiger partial charge in [0, 0.05) is 18.8 Å². The molecule has 9 heteroatoms. The third kappa shape index (κ3) is 4.41.